The van der Waals surface area contributed by atoms with Crippen molar-refractivity contribution in [1.29, 1.82) is 0 Å². The Hall–Kier alpha value is -0.140. The second kappa shape index (κ2) is 8.88. The van der Waals surface area contributed by atoms with Crippen LogP contribution in [-0.4, -0.2) is 32.2 Å². The van der Waals surface area contributed by atoms with E-state index in [0.717, 1.165) is 10.2 Å². The van der Waals surface area contributed by atoms with Gasteiger partial charge in [-0.2, -0.15) is 0 Å². The number of methoxy groups -OCH3 is 1. The van der Waals surface area contributed by atoms with E-state index < -0.39 is 6.10 Å². The number of ether oxygens (including phenoxy) is 1. The predicted octanol–water partition coefficient (Wildman–Crippen LogP) is 1.56. The highest BCUT2D eigenvalue weighted by molar-refractivity contribution is 9.11. The summed E-state index contributed by atoms with van der Waals surface area (Å²) in [6.45, 7) is 0.804. The lowest BCUT2D eigenvalue weighted by Crippen LogP contribution is -2.41. The van der Waals surface area contributed by atoms with Crippen molar-refractivity contribution in [3.8, 4) is 0 Å². The maximum atomic E-state index is 11.5. The van der Waals surface area contributed by atoms with Crippen LogP contribution in [0.15, 0.2) is 15.9 Å². The molecule has 1 heterocycles. The largest absolute Gasteiger partial charge is 0.370 e. The molecule has 0 saturated heterocycles. The number of carbonyl (C=O) groups excluding carboxylic acids is 1. The summed E-state index contributed by atoms with van der Waals surface area (Å²) in [5.41, 5.74) is 5.38. The molecular weight excluding hydrogens is 328 g/mol. The lowest BCUT2D eigenvalue weighted by Gasteiger charge is -2.12. The molecule has 0 spiro atoms. The standard InChI is InChI=1S/C10H15BrN2O2S.ClH/c1-15-8(6-12)10(14)13-5-4-7-2-3-9(11)16-7;/h2-3,8H,4-6,12H2,1H3,(H,13,14);1H. The number of hydrogen-bond acceptors (Lipinski definition) is 4. The quantitative estimate of drug-likeness (QED) is 0.824. The van der Waals surface area contributed by atoms with Gasteiger partial charge < -0.3 is 15.8 Å². The lowest BCUT2D eigenvalue weighted by molar-refractivity contribution is -0.130. The molecule has 0 radical (unpaired) electrons. The van der Waals surface area contributed by atoms with Gasteiger partial charge in [0.1, 0.15) is 6.10 Å². The van der Waals surface area contributed by atoms with Gasteiger partial charge in [-0.15, -0.1) is 23.7 Å². The Morgan fingerprint density at radius 1 is 1.65 bits per heavy atom. The highest BCUT2D eigenvalue weighted by Crippen LogP contribution is 2.21. The van der Waals surface area contributed by atoms with E-state index in [9.17, 15) is 4.79 Å². The van der Waals surface area contributed by atoms with E-state index in [0.29, 0.717) is 6.54 Å². The second-order valence-corrected chi connectivity index (χ2v) is 5.75. The first-order chi connectivity index (χ1) is 7.67. The minimum absolute atomic E-state index is 0. The van der Waals surface area contributed by atoms with Crippen molar-refractivity contribution < 1.29 is 9.53 Å². The summed E-state index contributed by atoms with van der Waals surface area (Å²) in [4.78, 5) is 12.7. The van der Waals surface area contributed by atoms with Crippen LogP contribution in [-0.2, 0) is 16.0 Å². The zero-order valence-electron chi connectivity index (χ0n) is 9.44. The molecule has 17 heavy (non-hydrogen) atoms. The van der Waals surface area contributed by atoms with E-state index in [1.165, 1.54) is 12.0 Å². The molecular formula is C10H16BrClN2O2S. The van der Waals surface area contributed by atoms with Gasteiger partial charge in [0.2, 0.25) is 5.91 Å². The average Bonchev–Trinajstić information content (AvgIpc) is 2.66. The molecule has 0 aliphatic rings. The number of rotatable bonds is 6. The van der Waals surface area contributed by atoms with Gasteiger partial charge in [-0.05, 0) is 34.5 Å². The highest BCUT2D eigenvalue weighted by Gasteiger charge is 2.14. The van der Waals surface area contributed by atoms with Crippen LogP contribution in [0.3, 0.4) is 0 Å². The number of carbonyl (C=O) groups is 1. The smallest absolute Gasteiger partial charge is 0.250 e. The highest BCUT2D eigenvalue weighted by atomic mass is 79.9. The minimum Gasteiger partial charge on any atom is -0.370 e. The van der Waals surface area contributed by atoms with Crippen LogP contribution in [0.5, 0.6) is 0 Å². The zero-order chi connectivity index (χ0) is 12.0. The Morgan fingerprint density at radius 3 is 2.82 bits per heavy atom. The van der Waals surface area contributed by atoms with Crippen molar-refractivity contribution in [3.05, 3.63) is 20.8 Å². The summed E-state index contributed by atoms with van der Waals surface area (Å²) in [6.07, 6.45) is 0.276. The molecule has 0 saturated carbocycles. The van der Waals surface area contributed by atoms with Gasteiger partial charge in [0.15, 0.2) is 0 Å². The molecule has 1 unspecified atom stereocenters. The number of nitrogens with two attached hydrogens (primary N) is 1. The van der Waals surface area contributed by atoms with Crippen LogP contribution < -0.4 is 11.1 Å². The maximum absolute atomic E-state index is 11.5. The van der Waals surface area contributed by atoms with E-state index >= 15 is 0 Å². The van der Waals surface area contributed by atoms with Gasteiger partial charge in [-0.1, -0.05) is 0 Å². The molecule has 0 aliphatic heterocycles. The third-order valence-corrected chi connectivity index (χ3v) is 3.77. The molecule has 3 N–H and O–H groups in total. The van der Waals surface area contributed by atoms with Gasteiger partial charge >= 0.3 is 0 Å². The topological polar surface area (TPSA) is 64.3 Å². The molecule has 0 bridgehead atoms. The SMILES string of the molecule is COC(CN)C(=O)NCCc1ccc(Br)s1.Cl. The third kappa shape index (κ3) is 5.83. The monoisotopic (exact) mass is 342 g/mol. The normalized spacial score (nSPS) is 11.7. The van der Waals surface area contributed by atoms with E-state index in [-0.39, 0.29) is 24.9 Å². The van der Waals surface area contributed by atoms with E-state index in [2.05, 4.69) is 21.2 Å². The third-order valence-electron chi connectivity index (χ3n) is 2.09. The number of hydrogen-bond donors (Lipinski definition) is 2. The fraction of sp³-hybridized carbons (Fsp3) is 0.500. The number of halogens is 2. The van der Waals surface area contributed by atoms with E-state index in [1.807, 2.05) is 12.1 Å². The van der Waals surface area contributed by atoms with Crippen molar-refractivity contribution in [2.75, 3.05) is 20.2 Å². The number of thiophene rings is 1. The number of nitrogens with one attached hydrogen (secondary N) is 1. The van der Waals surface area contributed by atoms with Crippen LogP contribution >= 0.6 is 39.7 Å². The van der Waals surface area contributed by atoms with Crippen LogP contribution in [0.2, 0.25) is 0 Å². The van der Waals surface area contributed by atoms with Gasteiger partial charge in [0.25, 0.3) is 0 Å². The van der Waals surface area contributed by atoms with E-state index in [1.54, 1.807) is 11.3 Å². The Labute approximate surface area is 119 Å². The summed E-state index contributed by atoms with van der Waals surface area (Å²) in [7, 11) is 1.48. The molecule has 0 fully saturated rings. The Kier molecular flexibility index (Phi) is 8.81. The van der Waals surface area contributed by atoms with E-state index in [4.69, 9.17) is 10.5 Å². The molecule has 4 nitrogen and oxygen atoms in total. The van der Waals surface area contributed by atoms with Gasteiger partial charge in [0.05, 0.1) is 3.79 Å². The minimum atomic E-state index is -0.546. The Balaban J connectivity index is 0.00000256. The van der Waals surface area contributed by atoms with Crippen LogP contribution in [0, 0.1) is 0 Å². The molecule has 1 amide bonds. The van der Waals surface area contributed by atoms with Gasteiger partial charge in [0, 0.05) is 25.1 Å². The summed E-state index contributed by atoms with van der Waals surface area (Å²) in [5.74, 6) is -0.152. The molecule has 98 valence electrons. The van der Waals surface area contributed by atoms with Crippen molar-refractivity contribution >= 4 is 45.6 Å². The fourth-order valence-corrected chi connectivity index (χ4v) is 2.70. The van der Waals surface area contributed by atoms with Crippen molar-refractivity contribution in [2.45, 2.75) is 12.5 Å². The maximum Gasteiger partial charge on any atom is 0.250 e. The molecule has 0 aromatic carbocycles. The van der Waals surface area contributed by atoms with Crippen molar-refractivity contribution in [2.24, 2.45) is 5.73 Å². The van der Waals surface area contributed by atoms with Crippen LogP contribution in [0.4, 0.5) is 0 Å². The summed E-state index contributed by atoms with van der Waals surface area (Å²) < 4.78 is 6.03. The predicted molar refractivity (Wildman–Crippen MR) is 75.8 cm³/mol. The first kappa shape index (κ1) is 16.9. The van der Waals surface area contributed by atoms with Crippen LogP contribution in [0.25, 0.3) is 0 Å². The molecule has 1 rings (SSSR count). The molecule has 1 aromatic heterocycles. The van der Waals surface area contributed by atoms with Gasteiger partial charge in [-0.25, -0.2) is 0 Å². The Bertz CT molecular complexity index is 345. The van der Waals surface area contributed by atoms with Gasteiger partial charge in [-0.3, -0.25) is 4.79 Å². The van der Waals surface area contributed by atoms with Crippen LogP contribution in [0.1, 0.15) is 4.88 Å². The number of amides is 1. The van der Waals surface area contributed by atoms with Crippen molar-refractivity contribution in [3.63, 3.8) is 0 Å². The lowest BCUT2D eigenvalue weighted by atomic mass is 10.3. The van der Waals surface area contributed by atoms with Crippen molar-refractivity contribution in [1.82, 2.24) is 5.32 Å². The second-order valence-electron chi connectivity index (χ2n) is 3.21. The molecule has 0 aliphatic carbocycles. The Morgan fingerprint density at radius 2 is 2.35 bits per heavy atom. The molecule has 1 atom stereocenters. The average molecular weight is 344 g/mol. The molecule has 1 aromatic rings. The molecule has 7 heteroatoms. The fourth-order valence-electron chi connectivity index (χ4n) is 1.22. The first-order valence-electron chi connectivity index (χ1n) is 4.92. The first-order valence-corrected chi connectivity index (χ1v) is 6.53. The summed E-state index contributed by atoms with van der Waals surface area (Å²) in [6, 6.07) is 4.04. The summed E-state index contributed by atoms with van der Waals surface area (Å²) in [5, 5.41) is 2.79. The zero-order valence-corrected chi connectivity index (χ0v) is 12.7. The summed E-state index contributed by atoms with van der Waals surface area (Å²) >= 11 is 5.06.